The van der Waals surface area contributed by atoms with E-state index in [0.717, 1.165) is 0 Å². The Morgan fingerprint density at radius 1 is 1.00 bits per heavy atom. The molecule has 162 valence electrons. The van der Waals surface area contributed by atoms with Gasteiger partial charge in [0.25, 0.3) is 0 Å². The number of morpholine rings is 1. The number of rotatable bonds is 6. The van der Waals surface area contributed by atoms with Crippen LogP contribution in [0.25, 0.3) is 0 Å². The Morgan fingerprint density at radius 3 is 2.03 bits per heavy atom. The van der Waals surface area contributed by atoms with E-state index in [9.17, 15) is 21.6 Å². The highest BCUT2D eigenvalue weighted by Crippen LogP contribution is 2.27. The second-order valence-corrected chi connectivity index (χ2v) is 10.8. The molecule has 2 saturated heterocycles. The van der Waals surface area contributed by atoms with E-state index in [4.69, 9.17) is 9.47 Å². The van der Waals surface area contributed by atoms with Gasteiger partial charge in [-0.25, -0.2) is 16.8 Å². The molecule has 0 spiro atoms. The van der Waals surface area contributed by atoms with Gasteiger partial charge in [-0.1, -0.05) is 6.07 Å². The molecule has 0 saturated carbocycles. The summed E-state index contributed by atoms with van der Waals surface area (Å²) in [6.45, 7) is 3.50. The molecular formula is C18H26N2O7S2. The monoisotopic (exact) mass is 446 g/mol. The van der Waals surface area contributed by atoms with Crippen molar-refractivity contribution in [1.82, 2.24) is 8.61 Å². The molecule has 0 unspecified atom stereocenters. The Labute approximate surface area is 171 Å². The Kier molecular flexibility index (Phi) is 6.94. The molecule has 0 atom stereocenters. The van der Waals surface area contributed by atoms with E-state index in [-0.39, 0.29) is 47.9 Å². The summed E-state index contributed by atoms with van der Waals surface area (Å²) in [6, 6.07) is 5.44. The third-order valence-corrected chi connectivity index (χ3v) is 8.91. The van der Waals surface area contributed by atoms with Gasteiger partial charge in [0, 0.05) is 26.2 Å². The van der Waals surface area contributed by atoms with E-state index in [1.165, 1.54) is 32.9 Å². The third kappa shape index (κ3) is 4.80. The first-order chi connectivity index (χ1) is 13.8. The largest absolute Gasteiger partial charge is 0.466 e. The van der Waals surface area contributed by atoms with Crippen molar-refractivity contribution in [1.29, 1.82) is 0 Å². The van der Waals surface area contributed by atoms with Crippen molar-refractivity contribution >= 4 is 26.0 Å². The van der Waals surface area contributed by atoms with Gasteiger partial charge >= 0.3 is 5.97 Å². The summed E-state index contributed by atoms with van der Waals surface area (Å²) in [5, 5.41) is 0. The van der Waals surface area contributed by atoms with Crippen molar-refractivity contribution in [3.63, 3.8) is 0 Å². The zero-order valence-corrected chi connectivity index (χ0v) is 18.0. The zero-order valence-electron chi connectivity index (χ0n) is 16.3. The second-order valence-electron chi connectivity index (χ2n) is 6.92. The van der Waals surface area contributed by atoms with E-state index < -0.39 is 20.0 Å². The number of nitrogens with zero attached hydrogens (tertiary/aromatic N) is 2. The van der Waals surface area contributed by atoms with Crippen LogP contribution in [0.4, 0.5) is 0 Å². The van der Waals surface area contributed by atoms with Gasteiger partial charge in [-0.3, -0.25) is 4.79 Å². The summed E-state index contributed by atoms with van der Waals surface area (Å²) in [7, 11) is -7.66. The van der Waals surface area contributed by atoms with Gasteiger partial charge in [0.15, 0.2) is 0 Å². The zero-order chi connectivity index (χ0) is 21.1. The molecule has 2 fully saturated rings. The van der Waals surface area contributed by atoms with Gasteiger partial charge in [-0.2, -0.15) is 8.61 Å². The maximum atomic E-state index is 13.0. The summed E-state index contributed by atoms with van der Waals surface area (Å²) >= 11 is 0. The maximum absolute atomic E-state index is 13.0. The van der Waals surface area contributed by atoms with Crippen molar-refractivity contribution in [3.05, 3.63) is 24.3 Å². The fourth-order valence-electron chi connectivity index (χ4n) is 3.47. The van der Waals surface area contributed by atoms with E-state index in [1.807, 2.05) is 0 Å². The lowest BCUT2D eigenvalue weighted by molar-refractivity contribution is -0.149. The number of sulfonamides is 2. The van der Waals surface area contributed by atoms with Crippen LogP contribution < -0.4 is 0 Å². The summed E-state index contributed by atoms with van der Waals surface area (Å²) < 4.78 is 64.5. The van der Waals surface area contributed by atoms with Crippen molar-refractivity contribution < 1.29 is 31.1 Å². The van der Waals surface area contributed by atoms with Crippen LogP contribution in [0.1, 0.15) is 19.8 Å². The molecule has 1 aromatic carbocycles. The molecule has 3 rings (SSSR count). The lowest BCUT2D eigenvalue weighted by atomic mass is 9.98. The number of hydrogen-bond donors (Lipinski definition) is 0. The van der Waals surface area contributed by atoms with Crippen molar-refractivity contribution in [2.24, 2.45) is 5.92 Å². The van der Waals surface area contributed by atoms with Crippen LogP contribution in [-0.2, 0) is 34.3 Å². The highest BCUT2D eigenvalue weighted by molar-refractivity contribution is 7.90. The molecule has 0 aromatic heterocycles. The van der Waals surface area contributed by atoms with Crippen molar-refractivity contribution in [2.75, 3.05) is 46.0 Å². The molecule has 2 aliphatic heterocycles. The molecule has 9 nitrogen and oxygen atoms in total. The number of piperidine rings is 1. The van der Waals surface area contributed by atoms with E-state index in [1.54, 1.807) is 6.92 Å². The average molecular weight is 447 g/mol. The van der Waals surface area contributed by atoms with Crippen LogP contribution in [0.3, 0.4) is 0 Å². The van der Waals surface area contributed by atoms with Crippen molar-refractivity contribution in [2.45, 2.75) is 29.6 Å². The molecule has 2 aliphatic rings. The van der Waals surface area contributed by atoms with Gasteiger partial charge in [-0.15, -0.1) is 0 Å². The third-order valence-electron chi connectivity index (χ3n) is 5.12. The van der Waals surface area contributed by atoms with Gasteiger partial charge in [0.05, 0.1) is 35.5 Å². The first kappa shape index (κ1) is 22.2. The second kappa shape index (κ2) is 9.09. The van der Waals surface area contributed by atoms with E-state index in [0.29, 0.717) is 32.7 Å². The topological polar surface area (TPSA) is 110 Å². The standard InChI is InChI=1S/C18H26N2O7S2/c1-2-27-18(21)15-6-8-19(9-7-15)28(22,23)16-4-3-5-17(14-16)29(24,25)20-10-12-26-13-11-20/h3-5,14-15H,2,6-13H2,1H3. The quantitative estimate of drug-likeness (QED) is 0.591. The van der Waals surface area contributed by atoms with Crippen LogP contribution in [0.5, 0.6) is 0 Å². The molecule has 29 heavy (non-hydrogen) atoms. The minimum atomic E-state index is -3.86. The summed E-state index contributed by atoms with van der Waals surface area (Å²) in [5.41, 5.74) is 0. The number of ether oxygens (including phenoxy) is 2. The van der Waals surface area contributed by atoms with E-state index >= 15 is 0 Å². The summed E-state index contributed by atoms with van der Waals surface area (Å²) in [6.07, 6.45) is 0.758. The van der Waals surface area contributed by atoms with Crippen LogP contribution in [0, 0.1) is 5.92 Å². The highest BCUT2D eigenvalue weighted by atomic mass is 32.2. The number of esters is 1. The molecule has 0 bridgehead atoms. The molecule has 0 N–H and O–H groups in total. The first-order valence-electron chi connectivity index (χ1n) is 9.61. The number of benzene rings is 1. The minimum Gasteiger partial charge on any atom is -0.466 e. The lowest BCUT2D eigenvalue weighted by Crippen LogP contribution is -2.41. The predicted molar refractivity (Wildman–Crippen MR) is 104 cm³/mol. The normalized spacial score (nSPS) is 20.4. The van der Waals surface area contributed by atoms with Gasteiger partial charge in [-0.05, 0) is 38.0 Å². The Hall–Kier alpha value is -1.53. The fourth-order valence-corrected chi connectivity index (χ4v) is 6.52. The maximum Gasteiger partial charge on any atom is 0.309 e. The lowest BCUT2D eigenvalue weighted by Gasteiger charge is -2.30. The van der Waals surface area contributed by atoms with Gasteiger partial charge < -0.3 is 9.47 Å². The molecule has 0 radical (unpaired) electrons. The minimum absolute atomic E-state index is 0.0538. The van der Waals surface area contributed by atoms with Crippen LogP contribution in [0.2, 0.25) is 0 Å². The number of hydrogen-bond acceptors (Lipinski definition) is 7. The SMILES string of the molecule is CCOC(=O)C1CCN(S(=O)(=O)c2cccc(S(=O)(=O)N3CCOCC3)c2)CC1. The van der Waals surface area contributed by atoms with Crippen LogP contribution in [-0.4, -0.2) is 77.4 Å². The molecule has 1 aromatic rings. The first-order valence-corrected chi connectivity index (χ1v) is 12.5. The smallest absolute Gasteiger partial charge is 0.309 e. The number of carbonyl (C=O) groups excluding carboxylic acids is 1. The van der Waals surface area contributed by atoms with Crippen LogP contribution >= 0.6 is 0 Å². The van der Waals surface area contributed by atoms with Gasteiger partial charge in [0.1, 0.15) is 0 Å². The summed E-state index contributed by atoms with van der Waals surface area (Å²) in [4.78, 5) is 11.7. The molecule has 0 amide bonds. The van der Waals surface area contributed by atoms with Crippen molar-refractivity contribution in [3.8, 4) is 0 Å². The molecular weight excluding hydrogens is 420 g/mol. The fraction of sp³-hybridized carbons (Fsp3) is 0.611. The van der Waals surface area contributed by atoms with Crippen LogP contribution in [0.15, 0.2) is 34.1 Å². The highest BCUT2D eigenvalue weighted by Gasteiger charge is 2.34. The summed E-state index contributed by atoms with van der Waals surface area (Å²) in [5.74, 6) is -0.613. The van der Waals surface area contributed by atoms with E-state index in [2.05, 4.69) is 0 Å². The Bertz CT molecular complexity index is 933. The Balaban J connectivity index is 1.77. The Morgan fingerprint density at radius 2 is 1.52 bits per heavy atom. The molecule has 11 heteroatoms. The number of carbonyl (C=O) groups is 1. The average Bonchev–Trinajstić information content (AvgIpc) is 2.74. The predicted octanol–water partition coefficient (Wildman–Crippen LogP) is 0.671. The molecule has 0 aliphatic carbocycles. The van der Waals surface area contributed by atoms with Gasteiger partial charge in [0.2, 0.25) is 20.0 Å². The molecule has 2 heterocycles.